The Balaban J connectivity index is 1.98. The molecular weight excluding hydrogens is 302 g/mol. The van der Waals surface area contributed by atoms with Crippen LogP contribution in [0, 0.1) is 0 Å². The molecule has 0 radical (unpaired) electrons. The van der Waals surface area contributed by atoms with Crippen molar-refractivity contribution >= 4 is 15.8 Å². The van der Waals surface area contributed by atoms with Crippen molar-refractivity contribution in [3.63, 3.8) is 0 Å². The maximum absolute atomic E-state index is 12.5. The van der Waals surface area contributed by atoms with Crippen molar-refractivity contribution in [2.24, 2.45) is 0 Å². The van der Waals surface area contributed by atoms with Crippen molar-refractivity contribution in [3.05, 3.63) is 18.3 Å². The minimum atomic E-state index is -3.43. The molecule has 6 nitrogen and oxygen atoms in total. The second-order valence-electron chi connectivity index (χ2n) is 5.67. The number of hydrogen-bond donors (Lipinski definition) is 2. The summed E-state index contributed by atoms with van der Waals surface area (Å²) in [5.41, 5.74) is 0. The highest BCUT2D eigenvalue weighted by atomic mass is 32.2. The van der Waals surface area contributed by atoms with Crippen molar-refractivity contribution < 1.29 is 13.5 Å². The number of rotatable bonds is 7. The van der Waals surface area contributed by atoms with Gasteiger partial charge in [-0.25, -0.2) is 13.4 Å². The number of aliphatic hydroxyl groups excluding tert-OH is 1. The average Bonchev–Trinajstić information content (AvgIpc) is 2.54. The quantitative estimate of drug-likeness (QED) is 0.798. The molecule has 0 spiro atoms. The summed E-state index contributed by atoms with van der Waals surface area (Å²) in [5.74, 6) is 0.577. The Labute approximate surface area is 132 Å². The number of nitrogens with one attached hydrogen (secondary N) is 1. The number of piperidine rings is 1. The van der Waals surface area contributed by atoms with Gasteiger partial charge in [-0.1, -0.05) is 19.8 Å². The summed E-state index contributed by atoms with van der Waals surface area (Å²) < 4.78 is 26.5. The van der Waals surface area contributed by atoms with Gasteiger partial charge in [0.25, 0.3) is 0 Å². The van der Waals surface area contributed by atoms with Crippen LogP contribution in [0.2, 0.25) is 0 Å². The molecule has 7 heteroatoms. The summed E-state index contributed by atoms with van der Waals surface area (Å²) in [6, 6.07) is 3.22. The maximum Gasteiger partial charge on any atom is 0.244 e. The van der Waals surface area contributed by atoms with Crippen LogP contribution in [0.1, 0.15) is 39.0 Å². The van der Waals surface area contributed by atoms with Gasteiger partial charge in [0.2, 0.25) is 10.0 Å². The lowest BCUT2D eigenvalue weighted by atomic mass is 10.2. The van der Waals surface area contributed by atoms with Crippen LogP contribution in [0.25, 0.3) is 0 Å². The zero-order valence-electron chi connectivity index (χ0n) is 13.0. The van der Waals surface area contributed by atoms with Crippen LogP contribution in [0.4, 0.5) is 5.82 Å². The molecule has 2 N–H and O–H groups in total. The molecular formula is C15H25N3O3S. The number of pyridine rings is 1. The van der Waals surface area contributed by atoms with E-state index in [0.29, 0.717) is 25.5 Å². The lowest BCUT2D eigenvalue weighted by Crippen LogP contribution is -2.35. The molecule has 1 atom stereocenters. The van der Waals surface area contributed by atoms with Crippen molar-refractivity contribution in [2.75, 3.05) is 25.0 Å². The molecule has 1 aliphatic heterocycles. The molecule has 0 amide bonds. The molecule has 1 unspecified atom stereocenters. The van der Waals surface area contributed by atoms with E-state index < -0.39 is 16.1 Å². The fourth-order valence-electron chi connectivity index (χ4n) is 2.55. The van der Waals surface area contributed by atoms with Gasteiger partial charge in [0.1, 0.15) is 10.7 Å². The first-order valence-corrected chi connectivity index (χ1v) is 9.36. The molecule has 0 aliphatic carbocycles. The van der Waals surface area contributed by atoms with Crippen LogP contribution in [0.15, 0.2) is 23.2 Å². The number of hydrogen-bond acceptors (Lipinski definition) is 5. The van der Waals surface area contributed by atoms with Crippen LogP contribution in [0.5, 0.6) is 0 Å². The van der Waals surface area contributed by atoms with Crippen molar-refractivity contribution in [1.29, 1.82) is 0 Å². The van der Waals surface area contributed by atoms with Gasteiger partial charge in [-0.2, -0.15) is 4.31 Å². The molecule has 0 saturated carbocycles. The summed E-state index contributed by atoms with van der Waals surface area (Å²) in [5, 5.41) is 12.7. The normalized spacial score (nSPS) is 18.1. The number of aromatic nitrogens is 1. The first-order chi connectivity index (χ1) is 10.5. The Morgan fingerprint density at radius 2 is 2.05 bits per heavy atom. The lowest BCUT2D eigenvalue weighted by Gasteiger charge is -2.25. The molecule has 124 valence electrons. The average molecular weight is 327 g/mol. The first-order valence-electron chi connectivity index (χ1n) is 7.92. The largest absolute Gasteiger partial charge is 0.391 e. The Hall–Kier alpha value is -1.18. The smallest absolute Gasteiger partial charge is 0.244 e. The van der Waals surface area contributed by atoms with Gasteiger partial charge >= 0.3 is 0 Å². The van der Waals surface area contributed by atoms with Gasteiger partial charge in [0.05, 0.1) is 6.10 Å². The van der Waals surface area contributed by atoms with E-state index in [2.05, 4.69) is 10.3 Å². The van der Waals surface area contributed by atoms with E-state index >= 15 is 0 Å². The van der Waals surface area contributed by atoms with E-state index in [1.54, 1.807) is 12.1 Å². The third-order valence-corrected chi connectivity index (χ3v) is 5.71. The van der Waals surface area contributed by atoms with E-state index in [1.807, 2.05) is 6.92 Å². The van der Waals surface area contributed by atoms with Gasteiger partial charge in [-0.05, 0) is 31.4 Å². The molecule has 22 heavy (non-hydrogen) atoms. The molecule has 2 rings (SSSR count). The van der Waals surface area contributed by atoms with E-state index in [9.17, 15) is 13.5 Å². The summed E-state index contributed by atoms with van der Waals surface area (Å²) in [7, 11) is -3.43. The SMILES string of the molecule is CCCC(O)CNc1ccc(S(=O)(=O)N2CCCCC2)cn1. The Kier molecular flexibility index (Phi) is 6.16. The summed E-state index contributed by atoms with van der Waals surface area (Å²) in [6.07, 6.45) is 5.55. The van der Waals surface area contributed by atoms with E-state index in [0.717, 1.165) is 32.1 Å². The van der Waals surface area contributed by atoms with E-state index in [1.165, 1.54) is 10.5 Å². The topological polar surface area (TPSA) is 82.5 Å². The molecule has 2 heterocycles. The zero-order chi connectivity index (χ0) is 16.0. The van der Waals surface area contributed by atoms with Gasteiger partial charge in [0.15, 0.2) is 0 Å². The Morgan fingerprint density at radius 1 is 1.32 bits per heavy atom. The predicted octanol–water partition coefficient (Wildman–Crippen LogP) is 1.83. The van der Waals surface area contributed by atoms with Crippen LogP contribution in [0.3, 0.4) is 0 Å². The van der Waals surface area contributed by atoms with Crippen molar-refractivity contribution in [2.45, 2.75) is 50.0 Å². The van der Waals surface area contributed by atoms with Crippen LogP contribution < -0.4 is 5.32 Å². The van der Waals surface area contributed by atoms with E-state index in [4.69, 9.17) is 0 Å². The van der Waals surface area contributed by atoms with Gasteiger partial charge < -0.3 is 10.4 Å². The van der Waals surface area contributed by atoms with E-state index in [-0.39, 0.29) is 4.90 Å². The standard InChI is InChI=1S/C15H25N3O3S/c1-2-6-13(19)11-16-15-8-7-14(12-17-15)22(20,21)18-9-4-3-5-10-18/h7-8,12-13,19H,2-6,9-11H2,1H3,(H,16,17). The molecule has 1 aromatic heterocycles. The summed E-state index contributed by atoms with van der Waals surface area (Å²) in [6.45, 7) is 3.61. The third-order valence-electron chi connectivity index (χ3n) is 3.83. The van der Waals surface area contributed by atoms with Crippen LogP contribution >= 0.6 is 0 Å². The number of nitrogens with zero attached hydrogens (tertiary/aromatic N) is 2. The summed E-state index contributed by atoms with van der Waals surface area (Å²) in [4.78, 5) is 4.37. The highest BCUT2D eigenvalue weighted by Gasteiger charge is 2.26. The minimum absolute atomic E-state index is 0.231. The highest BCUT2D eigenvalue weighted by molar-refractivity contribution is 7.89. The molecule has 1 aromatic rings. The van der Waals surface area contributed by atoms with Crippen LogP contribution in [-0.4, -0.2) is 48.6 Å². The number of aliphatic hydroxyl groups is 1. The Morgan fingerprint density at radius 3 is 2.64 bits per heavy atom. The lowest BCUT2D eigenvalue weighted by molar-refractivity contribution is 0.176. The second-order valence-corrected chi connectivity index (χ2v) is 7.61. The van der Waals surface area contributed by atoms with Gasteiger partial charge in [-0.3, -0.25) is 0 Å². The fraction of sp³-hybridized carbons (Fsp3) is 0.667. The Bertz CT molecular complexity index is 554. The monoisotopic (exact) mass is 327 g/mol. The minimum Gasteiger partial charge on any atom is -0.391 e. The molecule has 1 fully saturated rings. The van der Waals surface area contributed by atoms with Crippen molar-refractivity contribution in [3.8, 4) is 0 Å². The molecule has 0 aromatic carbocycles. The third kappa shape index (κ3) is 4.41. The first kappa shape index (κ1) is 17.2. The molecule has 0 bridgehead atoms. The second kappa shape index (κ2) is 7.89. The zero-order valence-corrected chi connectivity index (χ0v) is 13.8. The number of sulfonamides is 1. The molecule has 1 aliphatic rings. The van der Waals surface area contributed by atoms with Crippen LogP contribution in [-0.2, 0) is 10.0 Å². The number of anilines is 1. The van der Waals surface area contributed by atoms with Gasteiger partial charge in [-0.15, -0.1) is 0 Å². The summed E-state index contributed by atoms with van der Waals surface area (Å²) >= 11 is 0. The molecule has 1 saturated heterocycles. The van der Waals surface area contributed by atoms with Gasteiger partial charge in [0, 0.05) is 25.8 Å². The fourth-order valence-corrected chi connectivity index (χ4v) is 4.01. The maximum atomic E-state index is 12.5. The highest BCUT2D eigenvalue weighted by Crippen LogP contribution is 2.20. The predicted molar refractivity (Wildman–Crippen MR) is 86.3 cm³/mol. The van der Waals surface area contributed by atoms with Crippen molar-refractivity contribution in [1.82, 2.24) is 9.29 Å².